The first-order chi connectivity index (χ1) is 13.4. The molecule has 28 heavy (non-hydrogen) atoms. The fourth-order valence-electron chi connectivity index (χ4n) is 3.22. The van der Waals surface area contributed by atoms with Gasteiger partial charge in [-0.3, -0.25) is 4.79 Å². The van der Waals surface area contributed by atoms with Crippen LogP contribution in [0.4, 0.5) is 5.69 Å². The van der Waals surface area contributed by atoms with Crippen molar-refractivity contribution in [2.24, 2.45) is 0 Å². The lowest BCUT2D eigenvalue weighted by Gasteiger charge is -2.33. The van der Waals surface area contributed by atoms with Gasteiger partial charge in [-0.15, -0.1) is 0 Å². The first-order valence-electron chi connectivity index (χ1n) is 9.23. The summed E-state index contributed by atoms with van der Waals surface area (Å²) in [6.45, 7) is 2.80. The number of nitrogens with zero attached hydrogens (tertiary/aromatic N) is 1. The Morgan fingerprint density at radius 2 is 1.82 bits per heavy atom. The number of carbonyl (C=O) groups is 1. The van der Waals surface area contributed by atoms with E-state index in [1.165, 1.54) is 4.31 Å². The summed E-state index contributed by atoms with van der Waals surface area (Å²) in [5.74, 6) is 0.405. The number of sulfonamides is 1. The first kappa shape index (κ1) is 20.8. The third-order valence-electron chi connectivity index (χ3n) is 4.61. The molecule has 1 aliphatic rings. The Morgan fingerprint density at radius 3 is 2.46 bits per heavy atom. The number of hydrogen-bond acceptors (Lipinski definition) is 4. The minimum absolute atomic E-state index is 0.191. The predicted octanol–water partition coefficient (Wildman–Crippen LogP) is 4.03. The summed E-state index contributed by atoms with van der Waals surface area (Å²) < 4.78 is 33.7. The normalized spacial score (nSPS) is 17.9. The number of carbonyl (C=O) groups excluding carboxylic acids is 1. The molecule has 6 nitrogen and oxygen atoms in total. The molecule has 1 fully saturated rings. The van der Waals surface area contributed by atoms with E-state index < -0.39 is 16.1 Å². The number of anilines is 1. The average Bonchev–Trinajstić information content (AvgIpc) is 2.70. The Kier molecular flexibility index (Phi) is 6.74. The molecule has 1 amide bonds. The summed E-state index contributed by atoms with van der Waals surface area (Å²) >= 11 is 3.31. The van der Waals surface area contributed by atoms with Crippen LogP contribution in [0.5, 0.6) is 5.75 Å². The lowest BCUT2D eigenvalue weighted by atomic mass is 10.0. The van der Waals surface area contributed by atoms with Crippen LogP contribution in [0.25, 0.3) is 0 Å². The van der Waals surface area contributed by atoms with Gasteiger partial charge in [-0.1, -0.05) is 22.4 Å². The Balaban J connectivity index is 1.78. The number of ether oxygens (including phenoxy) is 1. The molecule has 2 aromatic rings. The van der Waals surface area contributed by atoms with Gasteiger partial charge >= 0.3 is 0 Å². The Morgan fingerprint density at radius 1 is 1.14 bits per heavy atom. The molecule has 1 aliphatic heterocycles. The van der Waals surface area contributed by atoms with Gasteiger partial charge in [0.05, 0.1) is 11.5 Å². The molecule has 8 heteroatoms. The maximum absolute atomic E-state index is 13.1. The van der Waals surface area contributed by atoms with E-state index in [-0.39, 0.29) is 10.8 Å². The van der Waals surface area contributed by atoms with Crippen molar-refractivity contribution < 1.29 is 17.9 Å². The molecule has 1 unspecified atom stereocenters. The standard InChI is InChI=1S/C20H23BrN2O4S/c1-2-27-17-10-8-16(9-11-17)22-20(24)19-5-3-4-14-23(19)28(25,26)18-12-6-15(21)7-13-18/h6-13,19H,2-5,14H2,1H3,(H,22,24). The third-order valence-corrected chi connectivity index (χ3v) is 7.06. The molecule has 0 bridgehead atoms. The van der Waals surface area contributed by atoms with Gasteiger partial charge in [-0.05, 0) is 68.3 Å². The quantitative estimate of drug-likeness (QED) is 0.696. The molecule has 1 atom stereocenters. The highest BCUT2D eigenvalue weighted by Crippen LogP contribution is 2.27. The zero-order valence-corrected chi connectivity index (χ0v) is 18.0. The number of amides is 1. The van der Waals surface area contributed by atoms with Gasteiger partial charge in [0.1, 0.15) is 11.8 Å². The molecular weight excluding hydrogens is 444 g/mol. The second kappa shape index (κ2) is 9.07. The smallest absolute Gasteiger partial charge is 0.243 e. The number of rotatable bonds is 6. The van der Waals surface area contributed by atoms with Gasteiger partial charge in [0.2, 0.25) is 15.9 Å². The Labute approximate surface area is 174 Å². The molecule has 150 valence electrons. The zero-order chi connectivity index (χ0) is 20.1. The minimum Gasteiger partial charge on any atom is -0.494 e. The molecule has 0 radical (unpaired) electrons. The molecule has 1 N–H and O–H groups in total. The maximum atomic E-state index is 13.1. The summed E-state index contributed by atoms with van der Waals surface area (Å²) in [7, 11) is -3.75. The molecule has 1 heterocycles. The van der Waals surface area contributed by atoms with Crippen LogP contribution in [0.15, 0.2) is 57.9 Å². The fourth-order valence-corrected chi connectivity index (χ4v) is 5.14. The zero-order valence-electron chi connectivity index (χ0n) is 15.6. The Hall–Kier alpha value is -1.90. The van der Waals surface area contributed by atoms with Crippen molar-refractivity contribution in [1.82, 2.24) is 4.31 Å². The highest BCUT2D eigenvalue weighted by atomic mass is 79.9. The van der Waals surface area contributed by atoms with Crippen LogP contribution in [-0.2, 0) is 14.8 Å². The summed E-state index contributed by atoms with van der Waals surface area (Å²) in [4.78, 5) is 13.1. The summed E-state index contributed by atoms with van der Waals surface area (Å²) in [6, 6.07) is 12.8. The van der Waals surface area contributed by atoms with Crippen molar-refractivity contribution in [1.29, 1.82) is 0 Å². The SMILES string of the molecule is CCOc1ccc(NC(=O)C2CCCCN2S(=O)(=O)c2ccc(Br)cc2)cc1. The second-order valence-electron chi connectivity index (χ2n) is 6.53. The van der Waals surface area contributed by atoms with Crippen LogP contribution in [0.1, 0.15) is 26.2 Å². The molecule has 3 rings (SSSR count). The van der Waals surface area contributed by atoms with Gasteiger partial charge in [-0.2, -0.15) is 4.31 Å². The molecule has 0 spiro atoms. The van der Waals surface area contributed by atoms with E-state index in [4.69, 9.17) is 4.74 Å². The molecule has 1 saturated heterocycles. The van der Waals surface area contributed by atoms with Gasteiger partial charge in [0, 0.05) is 16.7 Å². The van der Waals surface area contributed by atoms with Crippen LogP contribution >= 0.6 is 15.9 Å². The highest BCUT2D eigenvalue weighted by Gasteiger charge is 2.37. The monoisotopic (exact) mass is 466 g/mol. The van der Waals surface area contributed by atoms with Crippen LogP contribution in [0.3, 0.4) is 0 Å². The summed E-state index contributed by atoms with van der Waals surface area (Å²) in [5.41, 5.74) is 0.611. The van der Waals surface area contributed by atoms with Crippen molar-refractivity contribution in [2.45, 2.75) is 37.1 Å². The molecule has 0 saturated carbocycles. The van der Waals surface area contributed by atoms with Crippen LogP contribution in [0, 0.1) is 0 Å². The lowest BCUT2D eigenvalue weighted by molar-refractivity contribution is -0.120. The number of piperidine rings is 1. The van der Waals surface area contributed by atoms with Crippen molar-refractivity contribution in [2.75, 3.05) is 18.5 Å². The van der Waals surface area contributed by atoms with Crippen molar-refractivity contribution in [3.63, 3.8) is 0 Å². The van der Waals surface area contributed by atoms with E-state index >= 15 is 0 Å². The van der Waals surface area contributed by atoms with E-state index in [0.29, 0.717) is 25.3 Å². The first-order valence-corrected chi connectivity index (χ1v) is 11.5. The lowest BCUT2D eigenvalue weighted by Crippen LogP contribution is -2.49. The fraction of sp³-hybridized carbons (Fsp3) is 0.350. The van der Waals surface area contributed by atoms with Gasteiger partial charge in [0.15, 0.2) is 0 Å². The second-order valence-corrected chi connectivity index (χ2v) is 9.33. The molecule has 2 aromatic carbocycles. The van der Waals surface area contributed by atoms with Crippen molar-refractivity contribution >= 4 is 37.5 Å². The average molecular weight is 467 g/mol. The number of benzene rings is 2. The minimum atomic E-state index is -3.75. The largest absolute Gasteiger partial charge is 0.494 e. The van der Waals surface area contributed by atoms with Crippen LogP contribution in [0.2, 0.25) is 0 Å². The van der Waals surface area contributed by atoms with E-state index in [9.17, 15) is 13.2 Å². The van der Waals surface area contributed by atoms with E-state index in [1.54, 1.807) is 48.5 Å². The molecule has 0 aliphatic carbocycles. The maximum Gasteiger partial charge on any atom is 0.243 e. The Bertz CT molecular complexity index is 914. The van der Waals surface area contributed by atoms with E-state index in [0.717, 1.165) is 23.1 Å². The van der Waals surface area contributed by atoms with Crippen LogP contribution < -0.4 is 10.1 Å². The number of nitrogens with one attached hydrogen (secondary N) is 1. The summed E-state index contributed by atoms with van der Waals surface area (Å²) in [6.07, 6.45) is 2.05. The van der Waals surface area contributed by atoms with Gasteiger partial charge in [0.25, 0.3) is 0 Å². The van der Waals surface area contributed by atoms with Crippen molar-refractivity contribution in [3.05, 3.63) is 53.0 Å². The number of halogens is 1. The van der Waals surface area contributed by atoms with E-state index in [2.05, 4.69) is 21.2 Å². The molecule has 0 aromatic heterocycles. The van der Waals surface area contributed by atoms with Gasteiger partial charge < -0.3 is 10.1 Å². The highest BCUT2D eigenvalue weighted by molar-refractivity contribution is 9.10. The molecular formula is C20H23BrN2O4S. The van der Waals surface area contributed by atoms with Crippen LogP contribution in [-0.4, -0.2) is 37.8 Å². The third kappa shape index (κ3) is 4.74. The predicted molar refractivity (Wildman–Crippen MR) is 112 cm³/mol. The summed E-state index contributed by atoms with van der Waals surface area (Å²) in [5, 5.41) is 2.84. The topological polar surface area (TPSA) is 75.7 Å². The van der Waals surface area contributed by atoms with Gasteiger partial charge in [-0.25, -0.2) is 8.42 Å². The van der Waals surface area contributed by atoms with E-state index in [1.807, 2.05) is 6.92 Å². The van der Waals surface area contributed by atoms with Crippen molar-refractivity contribution in [3.8, 4) is 5.75 Å². The number of hydrogen-bond donors (Lipinski definition) is 1.